The van der Waals surface area contributed by atoms with Crippen LogP contribution >= 0.6 is 11.6 Å². The van der Waals surface area contributed by atoms with Crippen molar-refractivity contribution in [3.05, 3.63) is 47.2 Å². The highest BCUT2D eigenvalue weighted by Crippen LogP contribution is 2.29. The quantitative estimate of drug-likeness (QED) is 0.715. The summed E-state index contributed by atoms with van der Waals surface area (Å²) in [6, 6.07) is 8.08. The zero-order valence-electron chi connectivity index (χ0n) is 18.1. The maximum atomic E-state index is 13.1. The normalized spacial score (nSPS) is 22.3. The molecule has 2 aliphatic rings. The van der Waals surface area contributed by atoms with Gasteiger partial charge in [0.05, 0.1) is 16.8 Å². The van der Waals surface area contributed by atoms with Gasteiger partial charge in [0.25, 0.3) is 5.91 Å². The summed E-state index contributed by atoms with van der Waals surface area (Å²) in [4.78, 5) is 27.1. The zero-order valence-corrected chi connectivity index (χ0v) is 19.7. The summed E-state index contributed by atoms with van der Waals surface area (Å²) in [6.45, 7) is 3.32. The number of amides is 2. The van der Waals surface area contributed by atoms with Crippen LogP contribution in [0.2, 0.25) is 5.02 Å². The summed E-state index contributed by atoms with van der Waals surface area (Å²) in [5, 5.41) is 3.33. The van der Waals surface area contributed by atoms with Gasteiger partial charge in [0.1, 0.15) is 10.6 Å². The molecule has 0 saturated carbocycles. The van der Waals surface area contributed by atoms with E-state index in [1.807, 2.05) is 6.92 Å². The van der Waals surface area contributed by atoms with Gasteiger partial charge in [-0.2, -0.15) is 4.31 Å². The van der Waals surface area contributed by atoms with Crippen LogP contribution in [0.3, 0.4) is 0 Å². The number of aromatic nitrogens is 1. The molecule has 1 N–H and O–H groups in total. The van der Waals surface area contributed by atoms with E-state index in [0.717, 1.165) is 12.8 Å². The second-order valence-corrected chi connectivity index (χ2v) is 11.0. The number of carbonyl (C=O) groups is 2. The Morgan fingerprint density at radius 3 is 2.69 bits per heavy atom. The first-order valence-electron chi connectivity index (χ1n) is 10.7. The molecule has 0 spiro atoms. The fourth-order valence-corrected chi connectivity index (χ4v) is 6.29. The van der Waals surface area contributed by atoms with E-state index < -0.39 is 22.0 Å². The predicted molar refractivity (Wildman–Crippen MR) is 122 cm³/mol. The maximum Gasteiger partial charge on any atom is 0.268 e. The molecule has 2 fully saturated rings. The second-order valence-electron chi connectivity index (χ2n) is 8.61. The first kappa shape index (κ1) is 22.8. The number of para-hydroxylation sites is 1. The average molecular weight is 479 g/mol. The summed E-state index contributed by atoms with van der Waals surface area (Å²) >= 11 is 6.21. The molecule has 0 aliphatic carbocycles. The number of nitrogens with one attached hydrogen (secondary N) is 1. The average Bonchev–Trinajstić information content (AvgIpc) is 3.31. The minimum absolute atomic E-state index is 0.111. The number of hydrogen-bond acceptors (Lipinski definition) is 4. The molecule has 1 aromatic carbocycles. The van der Waals surface area contributed by atoms with Gasteiger partial charge < -0.3 is 14.8 Å². The van der Waals surface area contributed by atoms with Gasteiger partial charge in [0, 0.05) is 39.3 Å². The molecule has 172 valence electrons. The SMILES string of the molecule is CC1CCCN(S(=O)(=O)c2cc(C(=O)NC3CC(=O)N(c4ccccc4Cl)C3)n(C)c2)C1. The zero-order chi connectivity index (χ0) is 23.0. The van der Waals surface area contributed by atoms with Crippen LogP contribution in [-0.2, 0) is 21.9 Å². The predicted octanol–water partition coefficient (Wildman–Crippen LogP) is 2.63. The van der Waals surface area contributed by atoms with Crippen molar-refractivity contribution in [3.63, 3.8) is 0 Å². The molecule has 2 unspecified atom stereocenters. The summed E-state index contributed by atoms with van der Waals surface area (Å²) in [6.07, 6.45) is 3.47. The van der Waals surface area contributed by atoms with Crippen LogP contribution in [0.5, 0.6) is 0 Å². The Morgan fingerprint density at radius 1 is 1.22 bits per heavy atom. The van der Waals surface area contributed by atoms with E-state index in [4.69, 9.17) is 11.6 Å². The molecule has 0 radical (unpaired) electrons. The number of carbonyl (C=O) groups excluding carboxylic acids is 2. The van der Waals surface area contributed by atoms with Crippen molar-refractivity contribution in [2.75, 3.05) is 24.5 Å². The molecule has 3 heterocycles. The topological polar surface area (TPSA) is 91.7 Å². The van der Waals surface area contributed by atoms with E-state index >= 15 is 0 Å². The van der Waals surface area contributed by atoms with Gasteiger partial charge >= 0.3 is 0 Å². The number of anilines is 1. The molecule has 2 atom stereocenters. The Balaban J connectivity index is 1.47. The smallest absolute Gasteiger partial charge is 0.268 e. The lowest BCUT2D eigenvalue weighted by molar-refractivity contribution is -0.117. The molecular weight excluding hydrogens is 452 g/mol. The number of hydrogen-bond donors (Lipinski definition) is 1. The Kier molecular flexibility index (Phi) is 6.33. The molecule has 0 bridgehead atoms. The van der Waals surface area contributed by atoms with E-state index in [2.05, 4.69) is 5.32 Å². The highest BCUT2D eigenvalue weighted by Gasteiger charge is 2.34. The van der Waals surface area contributed by atoms with Crippen molar-refractivity contribution < 1.29 is 18.0 Å². The number of nitrogens with zero attached hydrogens (tertiary/aromatic N) is 3. The van der Waals surface area contributed by atoms with Crippen LogP contribution in [0, 0.1) is 5.92 Å². The molecular formula is C22H27ClN4O4S. The van der Waals surface area contributed by atoms with Gasteiger partial charge in [-0.1, -0.05) is 30.7 Å². The van der Waals surface area contributed by atoms with Crippen molar-refractivity contribution in [1.29, 1.82) is 0 Å². The third kappa shape index (κ3) is 4.42. The van der Waals surface area contributed by atoms with E-state index in [9.17, 15) is 18.0 Å². The largest absolute Gasteiger partial charge is 0.346 e. The van der Waals surface area contributed by atoms with Crippen molar-refractivity contribution in [1.82, 2.24) is 14.2 Å². The monoisotopic (exact) mass is 478 g/mol. The lowest BCUT2D eigenvalue weighted by Gasteiger charge is -2.29. The fourth-order valence-electron chi connectivity index (χ4n) is 4.38. The third-order valence-corrected chi connectivity index (χ3v) is 8.22. The highest BCUT2D eigenvalue weighted by molar-refractivity contribution is 7.89. The Hall–Kier alpha value is -2.36. The summed E-state index contributed by atoms with van der Waals surface area (Å²) < 4.78 is 29.1. The number of piperidine rings is 1. The van der Waals surface area contributed by atoms with Gasteiger partial charge in [0.15, 0.2) is 0 Å². The minimum atomic E-state index is -3.66. The van der Waals surface area contributed by atoms with Crippen LogP contribution in [0.4, 0.5) is 5.69 Å². The van der Waals surface area contributed by atoms with Crippen LogP contribution in [0.15, 0.2) is 41.4 Å². The van der Waals surface area contributed by atoms with Gasteiger partial charge in [-0.25, -0.2) is 8.42 Å². The number of benzene rings is 1. The fraction of sp³-hybridized carbons (Fsp3) is 0.455. The van der Waals surface area contributed by atoms with Gasteiger partial charge in [0.2, 0.25) is 15.9 Å². The van der Waals surface area contributed by atoms with Crippen molar-refractivity contribution >= 4 is 39.1 Å². The molecule has 8 nitrogen and oxygen atoms in total. The lowest BCUT2D eigenvalue weighted by atomic mass is 10.0. The first-order valence-corrected chi connectivity index (χ1v) is 12.5. The van der Waals surface area contributed by atoms with Gasteiger partial charge in [-0.15, -0.1) is 0 Å². The van der Waals surface area contributed by atoms with Gasteiger partial charge in [-0.05, 0) is 37.0 Å². The minimum Gasteiger partial charge on any atom is -0.346 e. The van der Waals surface area contributed by atoms with Crippen molar-refractivity contribution in [2.45, 2.75) is 37.1 Å². The molecule has 2 aromatic rings. The molecule has 2 aliphatic heterocycles. The molecule has 2 saturated heterocycles. The van der Waals surface area contributed by atoms with Crippen LogP contribution < -0.4 is 10.2 Å². The van der Waals surface area contributed by atoms with Gasteiger partial charge in [-0.3, -0.25) is 9.59 Å². The maximum absolute atomic E-state index is 13.1. The Bertz CT molecular complexity index is 1150. The Labute approximate surface area is 193 Å². The van der Waals surface area contributed by atoms with E-state index in [1.165, 1.54) is 21.1 Å². The third-order valence-electron chi connectivity index (χ3n) is 6.07. The molecule has 32 heavy (non-hydrogen) atoms. The van der Waals surface area contributed by atoms with E-state index in [-0.39, 0.29) is 22.9 Å². The van der Waals surface area contributed by atoms with E-state index in [1.54, 1.807) is 36.2 Å². The van der Waals surface area contributed by atoms with Crippen LogP contribution in [0.1, 0.15) is 36.7 Å². The van der Waals surface area contributed by atoms with Crippen molar-refractivity contribution in [3.8, 4) is 0 Å². The second kappa shape index (κ2) is 8.88. The van der Waals surface area contributed by atoms with E-state index in [0.29, 0.717) is 36.3 Å². The van der Waals surface area contributed by atoms with Crippen LogP contribution in [0.25, 0.3) is 0 Å². The summed E-state index contributed by atoms with van der Waals surface area (Å²) in [7, 11) is -2.02. The number of aryl methyl sites for hydroxylation is 1. The molecule has 2 amide bonds. The number of sulfonamides is 1. The first-order chi connectivity index (χ1) is 15.2. The summed E-state index contributed by atoms with van der Waals surface area (Å²) in [5.74, 6) is -0.233. The Morgan fingerprint density at radius 2 is 1.97 bits per heavy atom. The number of rotatable bonds is 5. The summed E-state index contributed by atoms with van der Waals surface area (Å²) in [5.41, 5.74) is 0.844. The highest BCUT2D eigenvalue weighted by atomic mass is 35.5. The molecule has 10 heteroatoms. The van der Waals surface area contributed by atoms with Crippen molar-refractivity contribution in [2.24, 2.45) is 13.0 Å². The molecule has 1 aromatic heterocycles. The van der Waals surface area contributed by atoms with Crippen LogP contribution in [-0.4, -0.2) is 54.8 Å². The standard InChI is InChI=1S/C22H27ClN4O4S/c1-15-6-5-9-26(12-15)32(30,31)17-11-20(25(2)14-17)22(29)24-16-10-21(28)27(13-16)19-8-4-3-7-18(19)23/h3-4,7-8,11,14-16H,5-6,9-10,12-13H2,1-2H3,(H,24,29). The number of halogens is 1. The molecule has 4 rings (SSSR count). The lowest BCUT2D eigenvalue weighted by Crippen LogP contribution is -2.39.